The first kappa shape index (κ1) is 13.9. The van der Waals surface area contributed by atoms with Crippen LogP contribution in [0.5, 0.6) is 0 Å². The first-order valence-corrected chi connectivity index (χ1v) is 8.98. The van der Waals surface area contributed by atoms with Crippen molar-refractivity contribution in [3.8, 4) is 12.3 Å². The highest BCUT2D eigenvalue weighted by atomic mass is 16.3. The number of rotatable bonds is 0. The van der Waals surface area contributed by atoms with Crippen LogP contribution in [0.2, 0.25) is 0 Å². The fraction of sp³-hybridized carbons (Fsp3) is 0.800. The van der Waals surface area contributed by atoms with Crippen molar-refractivity contribution >= 4 is 0 Å². The van der Waals surface area contributed by atoms with Crippen LogP contribution in [-0.4, -0.2) is 10.7 Å². The molecule has 1 heteroatoms. The molecule has 3 fully saturated rings. The van der Waals surface area contributed by atoms with E-state index in [1.54, 1.807) is 5.57 Å². The molecular formula is C20H28O. The van der Waals surface area contributed by atoms with Crippen LogP contribution in [-0.2, 0) is 0 Å². The minimum atomic E-state index is -0.842. The SMILES string of the molecule is C#C[C@]1(O)CC[C@@H]2[C@@H]3CCC4=CCCC[C@@H]4[C@H]3CC[C@]21C. The van der Waals surface area contributed by atoms with Gasteiger partial charge in [0.2, 0.25) is 0 Å². The quantitative estimate of drug-likeness (QED) is 0.519. The fourth-order valence-electron chi connectivity index (χ4n) is 6.56. The summed E-state index contributed by atoms with van der Waals surface area (Å²) in [4.78, 5) is 0. The number of fused-ring (bicyclic) bond motifs is 5. The molecule has 0 bridgehead atoms. The molecule has 3 saturated carbocycles. The van der Waals surface area contributed by atoms with E-state index in [-0.39, 0.29) is 5.41 Å². The van der Waals surface area contributed by atoms with Gasteiger partial charge < -0.3 is 5.11 Å². The molecule has 4 aliphatic rings. The molecule has 0 radical (unpaired) electrons. The number of allylic oxidation sites excluding steroid dienone is 2. The summed E-state index contributed by atoms with van der Waals surface area (Å²) in [6.45, 7) is 2.28. The van der Waals surface area contributed by atoms with E-state index in [1.807, 2.05) is 0 Å². The Morgan fingerprint density at radius 1 is 1.19 bits per heavy atom. The Morgan fingerprint density at radius 3 is 2.86 bits per heavy atom. The monoisotopic (exact) mass is 284 g/mol. The third-order valence-corrected chi connectivity index (χ3v) is 7.77. The van der Waals surface area contributed by atoms with Crippen LogP contribution in [0.15, 0.2) is 11.6 Å². The molecule has 1 nitrogen and oxygen atoms in total. The van der Waals surface area contributed by atoms with Crippen LogP contribution < -0.4 is 0 Å². The first-order chi connectivity index (χ1) is 10.1. The Labute approximate surface area is 129 Å². The number of hydrogen-bond donors (Lipinski definition) is 1. The summed E-state index contributed by atoms with van der Waals surface area (Å²) < 4.78 is 0. The lowest BCUT2D eigenvalue weighted by atomic mass is 9.50. The number of aliphatic hydroxyl groups is 1. The van der Waals surface area contributed by atoms with Crippen LogP contribution in [0.3, 0.4) is 0 Å². The molecule has 1 N–H and O–H groups in total. The second kappa shape index (κ2) is 4.63. The highest BCUT2D eigenvalue weighted by Crippen LogP contribution is 2.64. The molecule has 0 unspecified atom stereocenters. The molecule has 4 aliphatic carbocycles. The van der Waals surface area contributed by atoms with E-state index in [0.29, 0.717) is 5.92 Å². The topological polar surface area (TPSA) is 20.2 Å². The zero-order chi connectivity index (χ0) is 14.7. The Morgan fingerprint density at radius 2 is 2.05 bits per heavy atom. The molecule has 21 heavy (non-hydrogen) atoms. The smallest absolute Gasteiger partial charge is 0.130 e. The lowest BCUT2D eigenvalue weighted by Crippen LogP contribution is -2.52. The van der Waals surface area contributed by atoms with Gasteiger partial charge in [-0.25, -0.2) is 0 Å². The third kappa shape index (κ3) is 1.75. The maximum absolute atomic E-state index is 10.9. The number of hydrogen-bond acceptors (Lipinski definition) is 1. The second-order valence-electron chi connectivity index (χ2n) is 8.29. The summed E-state index contributed by atoms with van der Waals surface area (Å²) in [7, 11) is 0. The van der Waals surface area contributed by atoms with Crippen molar-refractivity contribution in [2.24, 2.45) is 29.1 Å². The molecule has 0 aromatic heterocycles. The lowest BCUT2D eigenvalue weighted by molar-refractivity contribution is -0.0857. The van der Waals surface area contributed by atoms with Gasteiger partial charge in [-0.15, -0.1) is 6.42 Å². The zero-order valence-electron chi connectivity index (χ0n) is 13.3. The van der Waals surface area contributed by atoms with E-state index >= 15 is 0 Å². The van der Waals surface area contributed by atoms with Gasteiger partial charge in [0.05, 0.1) is 0 Å². The van der Waals surface area contributed by atoms with Crippen molar-refractivity contribution in [1.29, 1.82) is 0 Å². The Hall–Kier alpha value is -0.740. The first-order valence-electron chi connectivity index (χ1n) is 8.98. The van der Waals surface area contributed by atoms with Crippen molar-refractivity contribution < 1.29 is 5.11 Å². The van der Waals surface area contributed by atoms with Crippen molar-refractivity contribution in [2.75, 3.05) is 0 Å². The number of terminal acetylenes is 1. The molecule has 0 heterocycles. The average Bonchev–Trinajstić information content (AvgIpc) is 2.79. The summed E-state index contributed by atoms with van der Waals surface area (Å²) in [6.07, 6.45) is 19.4. The average molecular weight is 284 g/mol. The Bertz CT molecular complexity index is 512. The van der Waals surface area contributed by atoms with Gasteiger partial charge in [-0.1, -0.05) is 24.5 Å². The van der Waals surface area contributed by atoms with Crippen molar-refractivity contribution in [3.63, 3.8) is 0 Å². The molecule has 0 saturated heterocycles. The van der Waals surface area contributed by atoms with E-state index in [0.717, 1.165) is 37.0 Å². The van der Waals surface area contributed by atoms with Crippen molar-refractivity contribution in [1.82, 2.24) is 0 Å². The van der Waals surface area contributed by atoms with Crippen molar-refractivity contribution in [3.05, 3.63) is 11.6 Å². The van der Waals surface area contributed by atoms with Gasteiger partial charge in [0.15, 0.2) is 0 Å². The van der Waals surface area contributed by atoms with E-state index in [2.05, 4.69) is 18.9 Å². The molecule has 0 amide bonds. The molecule has 114 valence electrons. The minimum Gasteiger partial charge on any atom is -0.377 e. The second-order valence-corrected chi connectivity index (χ2v) is 8.29. The predicted molar refractivity (Wildman–Crippen MR) is 85.5 cm³/mol. The van der Waals surface area contributed by atoms with Gasteiger partial charge in [0.1, 0.15) is 5.60 Å². The van der Waals surface area contributed by atoms with Crippen LogP contribution in [0.1, 0.15) is 64.7 Å². The predicted octanol–water partition coefficient (Wildman–Crippen LogP) is 4.31. The van der Waals surface area contributed by atoms with Gasteiger partial charge >= 0.3 is 0 Å². The van der Waals surface area contributed by atoms with Gasteiger partial charge in [0, 0.05) is 5.41 Å². The minimum absolute atomic E-state index is 0.0290. The summed E-state index contributed by atoms with van der Waals surface area (Å²) in [5, 5.41) is 10.9. The molecule has 0 spiro atoms. The Kier molecular flexibility index (Phi) is 3.06. The lowest BCUT2D eigenvalue weighted by Gasteiger charge is -2.54. The van der Waals surface area contributed by atoms with E-state index in [1.165, 1.54) is 38.5 Å². The highest BCUT2D eigenvalue weighted by molar-refractivity contribution is 5.25. The maximum Gasteiger partial charge on any atom is 0.130 e. The van der Waals surface area contributed by atoms with Gasteiger partial charge in [-0.05, 0) is 81.5 Å². The maximum atomic E-state index is 10.9. The summed E-state index contributed by atoms with van der Waals surface area (Å²) >= 11 is 0. The molecule has 0 aromatic carbocycles. The zero-order valence-corrected chi connectivity index (χ0v) is 13.3. The van der Waals surface area contributed by atoms with E-state index in [4.69, 9.17) is 6.42 Å². The van der Waals surface area contributed by atoms with Gasteiger partial charge in [-0.3, -0.25) is 0 Å². The summed E-state index contributed by atoms with van der Waals surface area (Å²) in [5.41, 5.74) is 0.903. The van der Waals surface area contributed by atoms with Crippen LogP contribution >= 0.6 is 0 Å². The van der Waals surface area contributed by atoms with E-state index < -0.39 is 5.60 Å². The van der Waals surface area contributed by atoms with Crippen LogP contribution in [0.4, 0.5) is 0 Å². The van der Waals surface area contributed by atoms with Gasteiger partial charge in [-0.2, -0.15) is 0 Å². The largest absolute Gasteiger partial charge is 0.377 e. The summed E-state index contributed by atoms with van der Waals surface area (Å²) in [5.74, 6) is 5.98. The standard InChI is InChI=1S/C20H28O/c1-3-20(21)13-11-18-17-9-8-14-6-4-5-7-15(14)16(17)10-12-19(18,20)2/h1,6,15-18,21H,4-5,7-13H2,2H3/t15-,16+,17+,18+,19+,20-/m0/s1. The Balaban J connectivity index is 1.66. The van der Waals surface area contributed by atoms with Crippen molar-refractivity contribution in [2.45, 2.75) is 70.3 Å². The molecule has 0 aromatic rings. The summed E-state index contributed by atoms with van der Waals surface area (Å²) in [6, 6.07) is 0. The highest BCUT2D eigenvalue weighted by Gasteiger charge is 2.61. The molecule has 4 rings (SSSR count). The van der Waals surface area contributed by atoms with Crippen LogP contribution in [0, 0.1) is 41.4 Å². The third-order valence-electron chi connectivity index (χ3n) is 7.77. The molecule has 6 atom stereocenters. The van der Waals surface area contributed by atoms with Crippen LogP contribution in [0.25, 0.3) is 0 Å². The van der Waals surface area contributed by atoms with E-state index in [9.17, 15) is 5.11 Å². The molecule has 0 aliphatic heterocycles. The van der Waals surface area contributed by atoms with Gasteiger partial charge in [0.25, 0.3) is 0 Å². The molecular weight excluding hydrogens is 256 g/mol. The normalized spacial score (nSPS) is 52.1. The fourth-order valence-corrected chi connectivity index (χ4v) is 6.56.